The molecule has 0 spiro atoms. The van der Waals surface area contributed by atoms with Gasteiger partial charge in [-0.05, 0) is 24.3 Å². The number of rotatable bonds is 3. The van der Waals surface area contributed by atoms with Crippen LogP contribution in [0.5, 0.6) is 0 Å². The summed E-state index contributed by atoms with van der Waals surface area (Å²) in [5.74, 6) is 0. The van der Waals surface area contributed by atoms with E-state index in [1.54, 1.807) is 30.5 Å². The topological polar surface area (TPSA) is 90.1 Å². The lowest BCUT2D eigenvalue weighted by atomic mass is 10.3. The van der Waals surface area contributed by atoms with Gasteiger partial charge in [0, 0.05) is 23.8 Å². The number of nitrogen functional groups attached to an aromatic ring is 1. The Morgan fingerprint density at radius 1 is 1.28 bits per heavy atom. The number of hydrogen-bond acceptors (Lipinski definition) is 5. The van der Waals surface area contributed by atoms with Crippen LogP contribution in [0.4, 0.5) is 16.2 Å². The zero-order valence-electron chi connectivity index (χ0n) is 9.54. The number of ether oxygens (including phenoxy) is 1. The fourth-order valence-corrected chi connectivity index (χ4v) is 1.26. The van der Waals surface area contributed by atoms with E-state index in [2.05, 4.69) is 15.3 Å². The lowest BCUT2D eigenvalue weighted by Gasteiger charge is -2.06. The zero-order valence-corrected chi connectivity index (χ0v) is 9.54. The van der Waals surface area contributed by atoms with E-state index in [4.69, 9.17) is 10.5 Å². The molecule has 6 nitrogen and oxygen atoms in total. The van der Waals surface area contributed by atoms with Crippen molar-refractivity contribution in [3.8, 4) is 0 Å². The maximum absolute atomic E-state index is 11.5. The number of carbonyl (C=O) groups excluding carboxylic acids is 1. The van der Waals surface area contributed by atoms with Gasteiger partial charge in [0.25, 0.3) is 0 Å². The molecule has 0 bridgehead atoms. The highest BCUT2D eigenvalue weighted by molar-refractivity contribution is 5.84. The fourth-order valence-electron chi connectivity index (χ4n) is 1.26. The molecule has 1 aromatic carbocycles. The average molecular weight is 244 g/mol. The minimum Gasteiger partial charge on any atom is -0.443 e. The summed E-state index contributed by atoms with van der Waals surface area (Å²) in [5.41, 5.74) is 7.37. The van der Waals surface area contributed by atoms with E-state index < -0.39 is 6.09 Å². The van der Waals surface area contributed by atoms with E-state index in [-0.39, 0.29) is 6.61 Å². The second-order valence-corrected chi connectivity index (χ2v) is 3.52. The first-order valence-corrected chi connectivity index (χ1v) is 5.28. The Balaban J connectivity index is 1.84. The molecule has 1 aromatic heterocycles. The number of nitrogens with one attached hydrogen (secondary N) is 1. The summed E-state index contributed by atoms with van der Waals surface area (Å²) in [6.07, 6.45) is 4.08. The van der Waals surface area contributed by atoms with Crippen molar-refractivity contribution < 1.29 is 9.53 Å². The van der Waals surface area contributed by atoms with Crippen molar-refractivity contribution >= 4 is 17.5 Å². The highest BCUT2D eigenvalue weighted by Gasteiger charge is 2.04. The number of anilines is 2. The first-order chi connectivity index (χ1) is 8.74. The number of benzene rings is 1. The van der Waals surface area contributed by atoms with Crippen LogP contribution in [-0.2, 0) is 11.3 Å². The third-order valence-electron chi connectivity index (χ3n) is 2.12. The Kier molecular flexibility index (Phi) is 3.70. The third kappa shape index (κ3) is 3.44. The maximum Gasteiger partial charge on any atom is 0.412 e. The van der Waals surface area contributed by atoms with Crippen LogP contribution in [0.3, 0.4) is 0 Å². The van der Waals surface area contributed by atoms with E-state index in [9.17, 15) is 4.79 Å². The molecule has 3 N–H and O–H groups in total. The predicted molar refractivity (Wildman–Crippen MR) is 66.7 cm³/mol. The summed E-state index contributed by atoms with van der Waals surface area (Å²) in [6, 6.07) is 6.77. The Bertz CT molecular complexity index is 513. The quantitative estimate of drug-likeness (QED) is 0.803. The van der Waals surface area contributed by atoms with Crippen LogP contribution in [0.25, 0.3) is 0 Å². The molecular formula is C12H12N4O2. The van der Waals surface area contributed by atoms with Gasteiger partial charge in [0.15, 0.2) is 0 Å². The molecule has 0 atom stereocenters. The van der Waals surface area contributed by atoms with Crippen molar-refractivity contribution in [1.82, 2.24) is 9.97 Å². The van der Waals surface area contributed by atoms with Gasteiger partial charge >= 0.3 is 6.09 Å². The van der Waals surface area contributed by atoms with E-state index in [0.717, 1.165) is 0 Å². The van der Waals surface area contributed by atoms with E-state index in [1.807, 2.05) is 0 Å². The normalized spacial score (nSPS) is 9.78. The number of carbonyl (C=O) groups is 1. The summed E-state index contributed by atoms with van der Waals surface area (Å²) >= 11 is 0. The van der Waals surface area contributed by atoms with Crippen LogP contribution in [-0.4, -0.2) is 16.1 Å². The standard InChI is InChI=1S/C12H12N4O2/c13-9-1-3-10(4-2-9)16-12(17)18-8-11-7-14-5-6-15-11/h1-7H,8,13H2,(H,16,17). The molecule has 92 valence electrons. The van der Waals surface area contributed by atoms with Gasteiger partial charge in [-0.1, -0.05) is 0 Å². The number of nitrogens with zero attached hydrogens (tertiary/aromatic N) is 2. The predicted octanol–water partition coefficient (Wildman–Crippen LogP) is 1.81. The van der Waals surface area contributed by atoms with Crippen LogP contribution in [0, 0.1) is 0 Å². The summed E-state index contributed by atoms with van der Waals surface area (Å²) in [6.45, 7) is 0.0780. The molecule has 0 saturated heterocycles. The molecule has 2 rings (SSSR count). The molecule has 6 heteroatoms. The van der Waals surface area contributed by atoms with Gasteiger partial charge in [-0.25, -0.2) is 4.79 Å². The van der Waals surface area contributed by atoms with Crippen molar-refractivity contribution in [3.05, 3.63) is 48.5 Å². The van der Waals surface area contributed by atoms with Crippen molar-refractivity contribution in [2.45, 2.75) is 6.61 Å². The van der Waals surface area contributed by atoms with Crippen molar-refractivity contribution in [2.24, 2.45) is 0 Å². The van der Waals surface area contributed by atoms with Gasteiger partial charge in [0.2, 0.25) is 0 Å². The lowest BCUT2D eigenvalue weighted by molar-refractivity contribution is 0.153. The SMILES string of the molecule is Nc1ccc(NC(=O)OCc2cnccn2)cc1. The Hall–Kier alpha value is -2.63. The molecule has 0 aliphatic heterocycles. The van der Waals surface area contributed by atoms with Gasteiger partial charge in [-0.3, -0.25) is 15.3 Å². The molecule has 0 aliphatic carbocycles. The van der Waals surface area contributed by atoms with Crippen molar-refractivity contribution in [3.63, 3.8) is 0 Å². The number of amides is 1. The van der Waals surface area contributed by atoms with E-state index in [1.165, 1.54) is 12.4 Å². The second kappa shape index (κ2) is 5.62. The van der Waals surface area contributed by atoms with E-state index in [0.29, 0.717) is 17.1 Å². The van der Waals surface area contributed by atoms with Crippen molar-refractivity contribution in [1.29, 1.82) is 0 Å². The Morgan fingerprint density at radius 2 is 2.06 bits per heavy atom. The molecule has 0 saturated carbocycles. The lowest BCUT2D eigenvalue weighted by Crippen LogP contribution is -2.13. The Labute approximate surface area is 104 Å². The molecule has 0 radical (unpaired) electrons. The van der Waals surface area contributed by atoms with E-state index >= 15 is 0 Å². The highest BCUT2D eigenvalue weighted by atomic mass is 16.5. The van der Waals surface area contributed by atoms with Gasteiger partial charge in [0.05, 0.1) is 11.9 Å². The number of hydrogen-bond donors (Lipinski definition) is 2. The van der Waals surface area contributed by atoms with Crippen LogP contribution in [0.15, 0.2) is 42.9 Å². The fraction of sp³-hybridized carbons (Fsp3) is 0.0833. The molecule has 1 heterocycles. The van der Waals surface area contributed by atoms with Crippen LogP contribution in [0.2, 0.25) is 0 Å². The highest BCUT2D eigenvalue weighted by Crippen LogP contribution is 2.10. The molecule has 1 amide bonds. The summed E-state index contributed by atoms with van der Waals surface area (Å²) < 4.78 is 4.98. The molecule has 18 heavy (non-hydrogen) atoms. The summed E-state index contributed by atoms with van der Waals surface area (Å²) in [5, 5.41) is 2.57. The van der Waals surface area contributed by atoms with Crippen LogP contribution >= 0.6 is 0 Å². The second-order valence-electron chi connectivity index (χ2n) is 3.52. The van der Waals surface area contributed by atoms with Gasteiger partial charge in [-0.15, -0.1) is 0 Å². The summed E-state index contributed by atoms with van der Waals surface area (Å²) in [4.78, 5) is 19.3. The van der Waals surface area contributed by atoms with Crippen LogP contribution < -0.4 is 11.1 Å². The van der Waals surface area contributed by atoms with Gasteiger partial charge in [-0.2, -0.15) is 0 Å². The first-order valence-electron chi connectivity index (χ1n) is 5.28. The first kappa shape index (κ1) is 11.8. The minimum atomic E-state index is -0.551. The number of nitrogens with two attached hydrogens (primary N) is 1. The van der Waals surface area contributed by atoms with Crippen LogP contribution in [0.1, 0.15) is 5.69 Å². The maximum atomic E-state index is 11.5. The van der Waals surface area contributed by atoms with Gasteiger partial charge in [0.1, 0.15) is 6.61 Å². The minimum absolute atomic E-state index is 0.0780. The number of aromatic nitrogens is 2. The van der Waals surface area contributed by atoms with Gasteiger partial charge < -0.3 is 10.5 Å². The Morgan fingerprint density at radius 3 is 2.72 bits per heavy atom. The van der Waals surface area contributed by atoms with Crippen molar-refractivity contribution in [2.75, 3.05) is 11.1 Å². The monoisotopic (exact) mass is 244 g/mol. The molecule has 2 aromatic rings. The molecule has 0 aliphatic rings. The molecule has 0 fully saturated rings. The molecular weight excluding hydrogens is 232 g/mol. The third-order valence-corrected chi connectivity index (χ3v) is 2.12. The summed E-state index contributed by atoms with van der Waals surface area (Å²) in [7, 11) is 0. The zero-order chi connectivity index (χ0) is 12.8. The smallest absolute Gasteiger partial charge is 0.412 e. The average Bonchev–Trinajstić information content (AvgIpc) is 2.40. The largest absolute Gasteiger partial charge is 0.443 e. The molecule has 0 unspecified atom stereocenters.